The van der Waals surface area contributed by atoms with E-state index in [1.165, 1.54) is 54.6 Å². The molecule has 0 heteroatoms. The highest BCUT2D eigenvalue weighted by Gasteiger charge is 2.12. The molecule has 0 N–H and O–H groups in total. The quantitative estimate of drug-likeness (QED) is 0.330. The van der Waals surface area contributed by atoms with Gasteiger partial charge in [-0.2, -0.15) is 0 Å². The summed E-state index contributed by atoms with van der Waals surface area (Å²) in [5.41, 5.74) is 6.37. The first-order chi connectivity index (χ1) is 13.9. The molecule has 130 valence electrons. The standard InChI is InChI=1S/C28H18/c1-2-6-19(7-3-1)20-12-14-21(15-13-20)24-17-25-16-23-10-4-8-22-9-5-11-26(28(22)23)27(25)18-24/h1-18H. The highest BCUT2D eigenvalue weighted by Crippen LogP contribution is 2.31. The van der Waals surface area contributed by atoms with Gasteiger partial charge in [0.05, 0.1) is 0 Å². The molecule has 5 aromatic carbocycles. The zero-order chi connectivity index (χ0) is 18.5. The smallest absolute Gasteiger partial charge is 0.00324 e. The summed E-state index contributed by atoms with van der Waals surface area (Å²) in [6, 6.07) is 35.0. The van der Waals surface area contributed by atoms with Crippen LogP contribution in [0, 0.1) is 0 Å². The number of hydrogen-bond donors (Lipinski definition) is 0. The van der Waals surface area contributed by atoms with Gasteiger partial charge in [-0.05, 0) is 72.8 Å². The van der Waals surface area contributed by atoms with E-state index in [1.54, 1.807) is 0 Å². The first kappa shape index (κ1) is 15.4. The predicted molar refractivity (Wildman–Crippen MR) is 121 cm³/mol. The number of allylic oxidation sites excluding steroid dienone is 1. The van der Waals surface area contributed by atoms with E-state index in [1.807, 2.05) is 0 Å². The molecule has 0 heterocycles. The van der Waals surface area contributed by atoms with Gasteiger partial charge in [0, 0.05) is 0 Å². The maximum absolute atomic E-state index is 2.34. The molecule has 0 aromatic heterocycles. The van der Waals surface area contributed by atoms with Gasteiger partial charge >= 0.3 is 0 Å². The van der Waals surface area contributed by atoms with Crippen molar-refractivity contribution in [3.05, 3.63) is 113 Å². The Kier molecular flexibility index (Phi) is 3.27. The number of fused-ring (bicyclic) bond motifs is 2. The Morgan fingerprint density at radius 3 is 1.96 bits per heavy atom. The van der Waals surface area contributed by atoms with E-state index in [2.05, 4.69) is 109 Å². The van der Waals surface area contributed by atoms with Crippen LogP contribution in [0.1, 0.15) is 11.1 Å². The monoisotopic (exact) mass is 354 g/mol. The van der Waals surface area contributed by atoms with Gasteiger partial charge in [0.1, 0.15) is 0 Å². The van der Waals surface area contributed by atoms with Gasteiger partial charge in [0.15, 0.2) is 0 Å². The molecule has 0 aliphatic heterocycles. The summed E-state index contributed by atoms with van der Waals surface area (Å²) in [6.07, 6.45) is 4.66. The molecule has 0 unspecified atom stereocenters. The maximum Gasteiger partial charge on any atom is -0.00324 e. The molecule has 5 aromatic rings. The van der Waals surface area contributed by atoms with Gasteiger partial charge in [-0.3, -0.25) is 0 Å². The molecule has 1 aliphatic rings. The van der Waals surface area contributed by atoms with Gasteiger partial charge in [-0.1, -0.05) is 91.0 Å². The van der Waals surface area contributed by atoms with Crippen molar-refractivity contribution in [2.45, 2.75) is 0 Å². The van der Waals surface area contributed by atoms with E-state index >= 15 is 0 Å². The molecule has 6 rings (SSSR count). The van der Waals surface area contributed by atoms with Crippen LogP contribution in [0.5, 0.6) is 0 Å². The molecule has 0 fully saturated rings. The van der Waals surface area contributed by atoms with Crippen LogP contribution in [-0.2, 0) is 0 Å². The summed E-state index contributed by atoms with van der Waals surface area (Å²) in [5.74, 6) is 0. The molecular formula is C28H18. The van der Waals surface area contributed by atoms with Crippen LogP contribution in [-0.4, -0.2) is 0 Å². The van der Waals surface area contributed by atoms with Crippen LogP contribution >= 0.6 is 0 Å². The molecule has 0 saturated heterocycles. The number of hydrogen-bond acceptors (Lipinski definition) is 0. The molecule has 0 nitrogen and oxygen atoms in total. The Bertz CT molecular complexity index is 1410. The van der Waals surface area contributed by atoms with Crippen LogP contribution in [0.25, 0.3) is 50.4 Å². The van der Waals surface area contributed by atoms with Crippen LogP contribution in [0.15, 0.2) is 97.1 Å². The highest BCUT2D eigenvalue weighted by atomic mass is 14.2. The summed E-state index contributed by atoms with van der Waals surface area (Å²) >= 11 is 0. The van der Waals surface area contributed by atoms with E-state index in [0.717, 1.165) is 0 Å². The minimum Gasteiger partial charge on any atom is -0.0622 e. The van der Waals surface area contributed by atoms with Crippen LogP contribution < -0.4 is 5.22 Å². The van der Waals surface area contributed by atoms with Crippen LogP contribution in [0.2, 0.25) is 0 Å². The molecule has 0 atom stereocenters. The third kappa shape index (κ3) is 2.32. The Hall–Kier alpha value is -3.64. The fourth-order valence-corrected chi connectivity index (χ4v) is 4.41. The molecular weight excluding hydrogens is 336 g/mol. The number of benzene rings is 5. The lowest BCUT2D eigenvalue weighted by Crippen LogP contribution is -2.04. The zero-order valence-corrected chi connectivity index (χ0v) is 15.4. The van der Waals surface area contributed by atoms with Crippen LogP contribution in [0.4, 0.5) is 0 Å². The van der Waals surface area contributed by atoms with E-state index in [4.69, 9.17) is 0 Å². The molecule has 0 saturated carbocycles. The third-order valence-corrected chi connectivity index (χ3v) is 5.79. The second-order valence-electron chi connectivity index (χ2n) is 7.45. The summed E-state index contributed by atoms with van der Waals surface area (Å²) < 4.78 is 0. The molecule has 0 amide bonds. The second kappa shape index (κ2) is 5.94. The van der Waals surface area contributed by atoms with E-state index < -0.39 is 0 Å². The fourth-order valence-electron chi connectivity index (χ4n) is 4.41. The van der Waals surface area contributed by atoms with Crippen molar-refractivity contribution in [1.82, 2.24) is 0 Å². The minimum absolute atomic E-state index is 1.25. The largest absolute Gasteiger partial charge is 0.0622 e. The molecule has 28 heavy (non-hydrogen) atoms. The normalized spacial score (nSPS) is 12.8. The Morgan fingerprint density at radius 1 is 0.464 bits per heavy atom. The Morgan fingerprint density at radius 2 is 1.14 bits per heavy atom. The highest BCUT2D eigenvalue weighted by molar-refractivity contribution is 6.15. The van der Waals surface area contributed by atoms with Crippen molar-refractivity contribution in [1.29, 1.82) is 0 Å². The second-order valence-corrected chi connectivity index (χ2v) is 7.45. The average Bonchev–Trinajstić information content (AvgIpc) is 3.19. The lowest BCUT2D eigenvalue weighted by atomic mass is 9.97. The van der Waals surface area contributed by atoms with Crippen LogP contribution in [0.3, 0.4) is 0 Å². The van der Waals surface area contributed by atoms with Crippen molar-refractivity contribution in [3.63, 3.8) is 0 Å². The molecule has 0 radical (unpaired) electrons. The summed E-state index contributed by atoms with van der Waals surface area (Å²) in [6.45, 7) is 0. The maximum atomic E-state index is 2.34. The minimum atomic E-state index is 1.25. The SMILES string of the molecule is C1=C(c2ccc(-c3ccccc3)cc2)C=c2c1cc1cccc3cccc2c31. The van der Waals surface area contributed by atoms with Crippen molar-refractivity contribution < 1.29 is 0 Å². The van der Waals surface area contributed by atoms with E-state index in [0.29, 0.717) is 0 Å². The molecule has 0 bridgehead atoms. The van der Waals surface area contributed by atoms with Gasteiger partial charge in [0.25, 0.3) is 0 Å². The van der Waals surface area contributed by atoms with E-state index in [-0.39, 0.29) is 0 Å². The van der Waals surface area contributed by atoms with E-state index in [9.17, 15) is 0 Å². The summed E-state index contributed by atoms with van der Waals surface area (Å²) in [4.78, 5) is 0. The number of rotatable bonds is 2. The Labute approximate surface area is 164 Å². The lowest BCUT2D eigenvalue weighted by molar-refractivity contribution is 1.59. The lowest BCUT2D eigenvalue weighted by Gasteiger charge is -2.07. The predicted octanol–water partition coefficient (Wildman–Crippen LogP) is 6.71. The molecule has 0 spiro atoms. The first-order valence-electron chi connectivity index (χ1n) is 9.70. The average molecular weight is 354 g/mol. The van der Waals surface area contributed by atoms with Gasteiger partial charge in [-0.15, -0.1) is 0 Å². The fraction of sp³-hybridized carbons (Fsp3) is 0. The van der Waals surface area contributed by atoms with Gasteiger partial charge in [-0.25, -0.2) is 0 Å². The van der Waals surface area contributed by atoms with Crippen molar-refractivity contribution >= 4 is 39.3 Å². The summed E-state index contributed by atoms with van der Waals surface area (Å²) in [5, 5.41) is 6.68. The van der Waals surface area contributed by atoms with Gasteiger partial charge < -0.3 is 0 Å². The van der Waals surface area contributed by atoms with Crippen molar-refractivity contribution in [2.24, 2.45) is 0 Å². The van der Waals surface area contributed by atoms with Crippen molar-refractivity contribution in [3.8, 4) is 11.1 Å². The van der Waals surface area contributed by atoms with Crippen molar-refractivity contribution in [2.75, 3.05) is 0 Å². The summed E-state index contributed by atoms with van der Waals surface area (Å²) in [7, 11) is 0. The zero-order valence-electron chi connectivity index (χ0n) is 15.4. The van der Waals surface area contributed by atoms with Gasteiger partial charge in [0.2, 0.25) is 0 Å². The first-order valence-corrected chi connectivity index (χ1v) is 9.70. The topological polar surface area (TPSA) is 0 Å². The molecule has 1 aliphatic carbocycles. The Balaban J connectivity index is 1.48. The third-order valence-electron chi connectivity index (χ3n) is 5.79.